The number of Topliss-reactive ketones (excluding diaryl/α,β-unsaturated/α-hetero) is 1. The van der Waals surface area contributed by atoms with Gasteiger partial charge in [-0.05, 0) is 92.4 Å². The Morgan fingerprint density at radius 1 is 1.26 bits per heavy atom. The predicted octanol–water partition coefficient (Wildman–Crippen LogP) is 5.42. The number of allylic oxidation sites excluding steroid dienone is 6. The highest BCUT2D eigenvalue weighted by molar-refractivity contribution is 6.06. The number of hydrogen-bond donors (Lipinski definition) is 1. The van der Waals surface area contributed by atoms with Gasteiger partial charge < -0.3 is 5.11 Å². The Balaban J connectivity index is 1.44. The molecule has 5 rings (SSSR count). The van der Waals surface area contributed by atoms with Crippen LogP contribution in [0.4, 0.5) is 0 Å². The van der Waals surface area contributed by atoms with Gasteiger partial charge in [0.2, 0.25) is 0 Å². The first-order valence-corrected chi connectivity index (χ1v) is 12.1. The van der Waals surface area contributed by atoms with E-state index in [9.17, 15) is 14.7 Å². The summed E-state index contributed by atoms with van der Waals surface area (Å²) in [5.74, 6) is 1.97. The molecule has 1 N–H and O–H groups in total. The first-order chi connectivity index (χ1) is 14.8. The Morgan fingerprint density at radius 2 is 2.06 bits per heavy atom. The molecule has 3 nitrogen and oxygen atoms in total. The molecule has 0 radical (unpaired) electrons. The zero-order chi connectivity index (χ0) is 21.9. The van der Waals surface area contributed by atoms with Crippen LogP contribution in [0.15, 0.2) is 53.3 Å². The van der Waals surface area contributed by atoms with Crippen LogP contribution in [0, 0.1) is 28.6 Å². The lowest BCUT2D eigenvalue weighted by molar-refractivity contribution is -0.126. The van der Waals surface area contributed by atoms with E-state index in [4.69, 9.17) is 0 Å². The third-order valence-electron chi connectivity index (χ3n) is 9.85. The molecule has 0 saturated heterocycles. The Kier molecular flexibility index (Phi) is 4.92. The molecule has 5 aliphatic rings. The number of ketones is 2. The van der Waals surface area contributed by atoms with Gasteiger partial charge in [0, 0.05) is 18.3 Å². The third-order valence-corrected chi connectivity index (χ3v) is 9.85. The molecule has 0 aromatic rings. The van der Waals surface area contributed by atoms with Gasteiger partial charge in [-0.25, -0.2) is 0 Å². The van der Waals surface area contributed by atoms with E-state index in [2.05, 4.69) is 25.7 Å². The second-order valence-electron chi connectivity index (χ2n) is 10.8. The van der Waals surface area contributed by atoms with Gasteiger partial charge in [-0.1, -0.05) is 31.6 Å². The molecular weight excluding hydrogens is 384 g/mol. The van der Waals surface area contributed by atoms with Crippen LogP contribution < -0.4 is 0 Å². The average Bonchev–Trinajstić information content (AvgIpc) is 3.40. The molecule has 5 aliphatic carbocycles. The minimum absolute atomic E-state index is 0.0774. The highest BCUT2D eigenvalue weighted by Gasteiger charge is 2.64. The Hall–Kier alpha value is -1.96. The summed E-state index contributed by atoms with van der Waals surface area (Å²) in [5, 5.41) is 11.9. The van der Waals surface area contributed by atoms with Crippen molar-refractivity contribution in [2.75, 3.05) is 0 Å². The molecule has 3 heteroatoms. The molecule has 3 fully saturated rings. The average molecular weight is 419 g/mol. The van der Waals surface area contributed by atoms with E-state index in [1.807, 2.05) is 12.2 Å². The standard InChI is InChI=1S/C28H34O3/c1-3-27-15-11-23-22(9-8-20-18-21(29)10-14-26(20,23)2)24(27)12-16-28(27,31)17-13-25(30)19-6-4-5-7-19/h4-6,8,13,17,22-24,31H,3,9-12,14-16,18H2,1-2H3/b17-13+/t22-,23+,24+,26+,27+,28-/m1/s1. The van der Waals surface area contributed by atoms with Gasteiger partial charge in [-0.3, -0.25) is 9.59 Å². The summed E-state index contributed by atoms with van der Waals surface area (Å²) in [7, 11) is 0. The molecular formula is C28H34O3. The molecule has 3 saturated carbocycles. The molecule has 6 atom stereocenters. The quantitative estimate of drug-likeness (QED) is 0.377. The van der Waals surface area contributed by atoms with Gasteiger partial charge in [-0.2, -0.15) is 0 Å². The van der Waals surface area contributed by atoms with Crippen LogP contribution in [0.1, 0.15) is 71.6 Å². The lowest BCUT2D eigenvalue weighted by Gasteiger charge is -2.59. The van der Waals surface area contributed by atoms with Crippen molar-refractivity contribution >= 4 is 11.6 Å². The van der Waals surface area contributed by atoms with E-state index in [-0.39, 0.29) is 16.6 Å². The second kappa shape index (κ2) is 7.29. The predicted molar refractivity (Wildman–Crippen MR) is 121 cm³/mol. The van der Waals surface area contributed by atoms with Crippen molar-refractivity contribution in [3.63, 3.8) is 0 Å². The van der Waals surface area contributed by atoms with Crippen LogP contribution in [-0.2, 0) is 9.59 Å². The SMILES string of the molecule is CC[C@]12CC[C@H]3[C@@H](CC=C4CC(=O)CC[C@@]43C)[C@@H]1CC[C@@]2(O)/C=C/C(=O)C1=C=CC=C1. The van der Waals surface area contributed by atoms with Crippen molar-refractivity contribution in [1.29, 1.82) is 0 Å². The van der Waals surface area contributed by atoms with Crippen LogP contribution in [0.25, 0.3) is 0 Å². The highest BCUT2D eigenvalue weighted by atomic mass is 16.3. The van der Waals surface area contributed by atoms with E-state index < -0.39 is 5.60 Å². The van der Waals surface area contributed by atoms with Gasteiger partial charge in [-0.15, -0.1) is 5.73 Å². The van der Waals surface area contributed by atoms with E-state index in [0.29, 0.717) is 42.0 Å². The van der Waals surface area contributed by atoms with Crippen molar-refractivity contribution < 1.29 is 14.7 Å². The molecule has 0 unspecified atom stereocenters. The zero-order valence-corrected chi connectivity index (χ0v) is 18.8. The van der Waals surface area contributed by atoms with Gasteiger partial charge in [0.15, 0.2) is 5.78 Å². The summed E-state index contributed by atoms with van der Waals surface area (Å²) in [6.07, 6.45) is 19.3. The molecule has 0 heterocycles. The first-order valence-electron chi connectivity index (χ1n) is 12.1. The summed E-state index contributed by atoms with van der Waals surface area (Å²) in [6.45, 7) is 4.62. The molecule has 31 heavy (non-hydrogen) atoms. The maximum absolute atomic E-state index is 12.5. The van der Waals surface area contributed by atoms with Crippen LogP contribution in [-0.4, -0.2) is 22.3 Å². The fraction of sp³-hybridized carbons (Fsp3) is 0.607. The Bertz CT molecular complexity index is 974. The monoisotopic (exact) mass is 418 g/mol. The van der Waals surface area contributed by atoms with Crippen LogP contribution in [0.2, 0.25) is 0 Å². The van der Waals surface area contributed by atoms with Gasteiger partial charge >= 0.3 is 0 Å². The molecule has 164 valence electrons. The van der Waals surface area contributed by atoms with Gasteiger partial charge in [0.05, 0.1) is 11.2 Å². The van der Waals surface area contributed by atoms with Crippen molar-refractivity contribution in [3.05, 3.63) is 53.3 Å². The normalized spacial score (nSPS) is 43.5. The van der Waals surface area contributed by atoms with Crippen molar-refractivity contribution in [2.24, 2.45) is 28.6 Å². The summed E-state index contributed by atoms with van der Waals surface area (Å²) in [5.41, 5.74) is 3.98. The van der Waals surface area contributed by atoms with Gasteiger partial charge in [0.1, 0.15) is 5.78 Å². The zero-order valence-electron chi connectivity index (χ0n) is 18.8. The summed E-state index contributed by atoms with van der Waals surface area (Å²) >= 11 is 0. The fourth-order valence-electron chi connectivity index (χ4n) is 8.13. The second-order valence-corrected chi connectivity index (χ2v) is 10.8. The van der Waals surface area contributed by atoms with Crippen molar-refractivity contribution in [2.45, 2.75) is 77.2 Å². The molecule has 0 spiro atoms. The number of fused-ring (bicyclic) bond motifs is 5. The fourth-order valence-corrected chi connectivity index (χ4v) is 8.13. The number of carbonyl (C=O) groups excluding carboxylic acids is 2. The molecule has 0 aliphatic heterocycles. The van der Waals surface area contributed by atoms with Crippen LogP contribution in [0.3, 0.4) is 0 Å². The lowest BCUT2D eigenvalue weighted by atomic mass is 9.46. The maximum atomic E-state index is 12.5. The minimum atomic E-state index is -0.924. The lowest BCUT2D eigenvalue weighted by Crippen LogP contribution is -2.55. The number of hydrogen-bond acceptors (Lipinski definition) is 3. The molecule has 0 aromatic heterocycles. The summed E-state index contributed by atoms with van der Waals surface area (Å²) < 4.78 is 0. The molecule has 0 aromatic carbocycles. The van der Waals surface area contributed by atoms with E-state index >= 15 is 0 Å². The summed E-state index contributed by atoms with van der Waals surface area (Å²) in [4.78, 5) is 24.6. The van der Waals surface area contributed by atoms with Crippen LogP contribution in [0.5, 0.6) is 0 Å². The topological polar surface area (TPSA) is 54.4 Å². The van der Waals surface area contributed by atoms with Crippen molar-refractivity contribution in [1.82, 2.24) is 0 Å². The number of carbonyl (C=O) groups is 2. The summed E-state index contributed by atoms with van der Waals surface area (Å²) in [6, 6.07) is 0. The highest BCUT2D eigenvalue weighted by Crippen LogP contribution is 2.68. The molecule has 0 amide bonds. The number of rotatable bonds is 4. The number of aliphatic hydroxyl groups is 1. The maximum Gasteiger partial charge on any atom is 0.193 e. The molecule has 0 bridgehead atoms. The van der Waals surface area contributed by atoms with Gasteiger partial charge in [0.25, 0.3) is 0 Å². The van der Waals surface area contributed by atoms with E-state index in [0.717, 1.165) is 44.9 Å². The van der Waals surface area contributed by atoms with E-state index in [1.54, 1.807) is 18.2 Å². The first kappa shape index (κ1) is 20.9. The Morgan fingerprint density at radius 3 is 2.81 bits per heavy atom. The Labute approximate surface area is 185 Å². The minimum Gasteiger partial charge on any atom is -0.385 e. The van der Waals surface area contributed by atoms with Crippen LogP contribution >= 0.6 is 0 Å². The van der Waals surface area contributed by atoms with E-state index in [1.165, 1.54) is 5.57 Å². The van der Waals surface area contributed by atoms with Crippen molar-refractivity contribution in [3.8, 4) is 0 Å². The largest absolute Gasteiger partial charge is 0.385 e. The smallest absolute Gasteiger partial charge is 0.193 e. The third kappa shape index (κ3) is 2.97.